The van der Waals surface area contributed by atoms with Crippen LogP contribution in [0.4, 0.5) is 4.39 Å². The van der Waals surface area contributed by atoms with E-state index in [1.807, 2.05) is 0 Å². The van der Waals surface area contributed by atoms with Crippen molar-refractivity contribution in [1.82, 2.24) is 5.32 Å². The third-order valence-electron chi connectivity index (χ3n) is 4.05. The van der Waals surface area contributed by atoms with Gasteiger partial charge in [-0.05, 0) is 65.7 Å². The van der Waals surface area contributed by atoms with Gasteiger partial charge in [0.1, 0.15) is 5.82 Å². The van der Waals surface area contributed by atoms with Gasteiger partial charge in [0, 0.05) is 11.4 Å². The minimum absolute atomic E-state index is 0.194. The lowest BCUT2D eigenvalue weighted by Gasteiger charge is -2.38. The van der Waals surface area contributed by atoms with Crippen molar-refractivity contribution in [3.63, 3.8) is 0 Å². The molecular formula is C15H18BrClFNO. The fourth-order valence-corrected chi connectivity index (χ4v) is 3.27. The lowest BCUT2D eigenvalue weighted by molar-refractivity contribution is 0.0872. The van der Waals surface area contributed by atoms with E-state index in [4.69, 9.17) is 11.6 Å². The summed E-state index contributed by atoms with van der Waals surface area (Å²) in [5.41, 5.74) is 0.118. The van der Waals surface area contributed by atoms with Crippen LogP contribution in [0.2, 0.25) is 0 Å². The van der Waals surface area contributed by atoms with Gasteiger partial charge < -0.3 is 5.32 Å². The summed E-state index contributed by atoms with van der Waals surface area (Å²) in [4.78, 5) is 12.3. The van der Waals surface area contributed by atoms with E-state index in [2.05, 4.69) is 28.2 Å². The molecular weight excluding hydrogens is 345 g/mol. The van der Waals surface area contributed by atoms with E-state index in [1.165, 1.54) is 18.2 Å². The second-order valence-corrected chi connectivity index (χ2v) is 6.80. The first kappa shape index (κ1) is 15.8. The van der Waals surface area contributed by atoms with Gasteiger partial charge in [-0.25, -0.2) is 4.39 Å². The van der Waals surface area contributed by atoms with E-state index in [1.54, 1.807) is 0 Å². The number of nitrogens with one attached hydrogen (secondary N) is 1. The average molecular weight is 363 g/mol. The van der Waals surface area contributed by atoms with Gasteiger partial charge in [0.2, 0.25) is 0 Å². The van der Waals surface area contributed by atoms with Crippen LogP contribution in [0.15, 0.2) is 22.7 Å². The highest BCUT2D eigenvalue weighted by Gasteiger charge is 2.35. The molecule has 110 valence electrons. The van der Waals surface area contributed by atoms with Crippen molar-refractivity contribution in [1.29, 1.82) is 0 Å². The summed E-state index contributed by atoms with van der Waals surface area (Å²) in [6.07, 6.45) is 3.93. The van der Waals surface area contributed by atoms with Crippen LogP contribution in [-0.2, 0) is 0 Å². The van der Waals surface area contributed by atoms with Gasteiger partial charge in [0.15, 0.2) is 0 Å². The topological polar surface area (TPSA) is 29.1 Å². The molecule has 1 aromatic rings. The standard InChI is InChI=1S/C15H18BrClFNO/c1-10-4-6-15(9-17,7-5-10)19-14(20)11-2-3-13(18)12(16)8-11/h2-3,8,10H,4-7,9H2,1H3,(H,19,20). The Kier molecular flexibility index (Phi) is 5.08. The third kappa shape index (κ3) is 3.53. The lowest BCUT2D eigenvalue weighted by atomic mass is 9.78. The molecule has 0 aliphatic heterocycles. The summed E-state index contributed by atoms with van der Waals surface area (Å²) >= 11 is 9.19. The number of carbonyl (C=O) groups excluding carboxylic acids is 1. The summed E-state index contributed by atoms with van der Waals surface area (Å²) in [5, 5.41) is 3.05. The predicted molar refractivity (Wildman–Crippen MR) is 82.6 cm³/mol. The molecule has 0 heterocycles. The number of hydrogen-bond acceptors (Lipinski definition) is 1. The number of hydrogen-bond donors (Lipinski definition) is 1. The van der Waals surface area contributed by atoms with Gasteiger partial charge in [-0.15, -0.1) is 11.6 Å². The number of benzene rings is 1. The molecule has 0 bridgehead atoms. The van der Waals surface area contributed by atoms with Gasteiger partial charge in [-0.2, -0.15) is 0 Å². The highest BCUT2D eigenvalue weighted by molar-refractivity contribution is 9.10. The second kappa shape index (κ2) is 6.44. The second-order valence-electron chi connectivity index (χ2n) is 5.68. The molecule has 2 nitrogen and oxygen atoms in total. The van der Waals surface area contributed by atoms with Gasteiger partial charge in [-0.1, -0.05) is 6.92 Å². The number of amides is 1. The average Bonchev–Trinajstić information content (AvgIpc) is 2.44. The first-order valence-electron chi connectivity index (χ1n) is 6.79. The summed E-state index contributed by atoms with van der Waals surface area (Å²) in [6, 6.07) is 4.27. The van der Waals surface area contributed by atoms with E-state index < -0.39 is 0 Å². The van der Waals surface area contributed by atoms with E-state index in [0.717, 1.165) is 25.7 Å². The molecule has 5 heteroatoms. The molecule has 1 aromatic carbocycles. The Labute approximate surface area is 132 Å². The van der Waals surface area contributed by atoms with Crippen LogP contribution in [0.5, 0.6) is 0 Å². The van der Waals surface area contributed by atoms with Gasteiger partial charge in [-0.3, -0.25) is 4.79 Å². The van der Waals surface area contributed by atoms with Crippen molar-refractivity contribution in [2.24, 2.45) is 5.92 Å². The molecule has 0 atom stereocenters. The van der Waals surface area contributed by atoms with E-state index in [0.29, 0.717) is 21.8 Å². The molecule has 1 aliphatic rings. The van der Waals surface area contributed by atoms with Crippen LogP contribution >= 0.6 is 27.5 Å². The van der Waals surface area contributed by atoms with Crippen molar-refractivity contribution in [3.05, 3.63) is 34.1 Å². The number of alkyl halides is 1. The molecule has 1 aliphatic carbocycles. The first-order chi connectivity index (χ1) is 9.46. The molecule has 0 radical (unpaired) electrons. The minimum Gasteiger partial charge on any atom is -0.345 e. The van der Waals surface area contributed by atoms with Crippen LogP contribution in [-0.4, -0.2) is 17.3 Å². The monoisotopic (exact) mass is 361 g/mol. The molecule has 0 aromatic heterocycles. The SMILES string of the molecule is CC1CCC(CCl)(NC(=O)c2ccc(F)c(Br)c2)CC1. The zero-order valence-electron chi connectivity index (χ0n) is 11.4. The molecule has 0 spiro atoms. The number of carbonyl (C=O) groups is 1. The molecule has 1 saturated carbocycles. The van der Waals surface area contributed by atoms with Gasteiger partial charge >= 0.3 is 0 Å². The Hall–Kier alpha value is -0.610. The maximum Gasteiger partial charge on any atom is 0.251 e. The minimum atomic E-state index is -0.375. The Balaban J connectivity index is 2.11. The van der Waals surface area contributed by atoms with Crippen molar-refractivity contribution in [2.75, 3.05) is 5.88 Å². The van der Waals surface area contributed by atoms with Crippen molar-refractivity contribution in [3.8, 4) is 0 Å². The molecule has 1 amide bonds. The zero-order valence-corrected chi connectivity index (χ0v) is 13.7. The van der Waals surface area contributed by atoms with Crippen LogP contribution in [0.25, 0.3) is 0 Å². The molecule has 0 saturated heterocycles. The normalized spacial score (nSPS) is 26.3. The molecule has 1 fully saturated rings. The fourth-order valence-electron chi connectivity index (χ4n) is 2.56. The van der Waals surface area contributed by atoms with E-state index in [9.17, 15) is 9.18 Å². The summed E-state index contributed by atoms with van der Waals surface area (Å²) in [7, 11) is 0. The number of rotatable bonds is 3. The lowest BCUT2D eigenvalue weighted by Crippen LogP contribution is -2.52. The van der Waals surface area contributed by atoms with Crippen LogP contribution in [0.3, 0.4) is 0 Å². The van der Waals surface area contributed by atoms with E-state index >= 15 is 0 Å². The van der Waals surface area contributed by atoms with Crippen molar-refractivity contribution in [2.45, 2.75) is 38.1 Å². The fraction of sp³-hybridized carbons (Fsp3) is 0.533. The largest absolute Gasteiger partial charge is 0.345 e. The smallest absolute Gasteiger partial charge is 0.251 e. The molecule has 2 rings (SSSR count). The highest BCUT2D eigenvalue weighted by Crippen LogP contribution is 2.33. The Morgan fingerprint density at radius 2 is 2.15 bits per heavy atom. The van der Waals surface area contributed by atoms with Crippen molar-refractivity contribution < 1.29 is 9.18 Å². The van der Waals surface area contributed by atoms with E-state index in [-0.39, 0.29) is 17.3 Å². The molecule has 1 N–H and O–H groups in total. The predicted octanol–water partition coefficient (Wildman–Crippen LogP) is 4.51. The summed E-state index contributed by atoms with van der Waals surface area (Å²) < 4.78 is 13.5. The van der Waals surface area contributed by atoms with Gasteiger partial charge in [0.25, 0.3) is 5.91 Å². The third-order valence-corrected chi connectivity index (χ3v) is 5.17. The highest BCUT2D eigenvalue weighted by atomic mass is 79.9. The Bertz CT molecular complexity index is 501. The first-order valence-corrected chi connectivity index (χ1v) is 8.12. The van der Waals surface area contributed by atoms with Crippen molar-refractivity contribution >= 4 is 33.4 Å². The zero-order chi connectivity index (χ0) is 14.8. The summed E-state index contributed by atoms with van der Waals surface area (Å²) in [5.74, 6) is 0.526. The number of halogens is 3. The molecule has 20 heavy (non-hydrogen) atoms. The maximum atomic E-state index is 13.2. The quantitative estimate of drug-likeness (QED) is 0.788. The Morgan fingerprint density at radius 3 is 2.70 bits per heavy atom. The summed E-state index contributed by atoms with van der Waals surface area (Å²) in [6.45, 7) is 2.22. The Morgan fingerprint density at radius 1 is 1.50 bits per heavy atom. The van der Waals surface area contributed by atoms with Crippen LogP contribution < -0.4 is 5.32 Å². The molecule has 0 unspecified atom stereocenters. The van der Waals surface area contributed by atoms with Gasteiger partial charge in [0.05, 0.1) is 10.0 Å². The maximum absolute atomic E-state index is 13.2. The van der Waals surface area contributed by atoms with Crippen LogP contribution in [0.1, 0.15) is 43.0 Å². The van der Waals surface area contributed by atoms with Crippen LogP contribution in [0, 0.1) is 11.7 Å².